The smallest absolute Gasteiger partial charge is 0.101 e. The Labute approximate surface area is 99.3 Å². The summed E-state index contributed by atoms with van der Waals surface area (Å²) in [5.41, 5.74) is 0.910. The predicted octanol–water partition coefficient (Wildman–Crippen LogP) is 3.99. The number of hydrogen-bond acceptors (Lipinski definition) is 2. The van der Waals surface area contributed by atoms with Crippen molar-refractivity contribution < 1.29 is 0 Å². The van der Waals surface area contributed by atoms with Crippen molar-refractivity contribution in [3.63, 3.8) is 0 Å². The van der Waals surface area contributed by atoms with Gasteiger partial charge in [-0.2, -0.15) is 0 Å². The molecule has 1 heterocycles. The maximum atomic E-state index is 5.90. The lowest BCUT2D eigenvalue weighted by Gasteiger charge is -2.14. The lowest BCUT2D eigenvalue weighted by molar-refractivity contribution is 0.737. The minimum Gasteiger partial charge on any atom is -0.344 e. The first kappa shape index (κ1) is 10.8. The maximum Gasteiger partial charge on any atom is 0.101 e. The van der Waals surface area contributed by atoms with Gasteiger partial charge in [0.15, 0.2) is 0 Å². The van der Waals surface area contributed by atoms with Gasteiger partial charge in [0.2, 0.25) is 0 Å². The van der Waals surface area contributed by atoms with Crippen LogP contribution in [0.1, 0.15) is 19.3 Å². The van der Waals surface area contributed by atoms with Gasteiger partial charge in [0, 0.05) is 28.7 Å². The van der Waals surface area contributed by atoms with Crippen molar-refractivity contribution in [1.82, 2.24) is 0 Å². The van der Waals surface area contributed by atoms with E-state index in [1.807, 2.05) is 12.1 Å². The van der Waals surface area contributed by atoms with Crippen LogP contribution in [-0.2, 0) is 0 Å². The summed E-state index contributed by atoms with van der Waals surface area (Å²) in [5, 5.41) is 4.52. The molecule has 0 unspecified atom stereocenters. The van der Waals surface area contributed by atoms with E-state index in [1.54, 1.807) is 6.07 Å². The molecule has 0 fully saturated rings. The molecule has 0 aliphatic carbocycles. The van der Waals surface area contributed by atoms with Crippen LogP contribution in [0.4, 0.5) is 5.69 Å². The monoisotopic (exact) mass is 242 g/mol. The molecule has 80 valence electrons. The van der Waals surface area contributed by atoms with Crippen molar-refractivity contribution in [1.29, 1.82) is 0 Å². The largest absolute Gasteiger partial charge is 0.344 e. The SMILES string of the molecule is Clc1cc(Cl)cc(NC2=NCCCC2)c1. The summed E-state index contributed by atoms with van der Waals surface area (Å²) in [6.45, 7) is 0.913. The maximum absolute atomic E-state index is 5.90. The van der Waals surface area contributed by atoms with E-state index in [4.69, 9.17) is 23.2 Å². The van der Waals surface area contributed by atoms with Crippen molar-refractivity contribution in [3.05, 3.63) is 28.2 Å². The van der Waals surface area contributed by atoms with Crippen molar-refractivity contribution in [2.45, 2.75) is 19.3 Å². The minimum atomic E-state index is 0.640. The lowest BCUT2D eigenvalue weighted by Crippen LogP contribution is -2.15. The fourth-order valence-electron chi connectivity index (χ4n) is 1.59. The molecule has 1 N–H and O–H groups in total. The number of anilines is 1. The van der Waals surface area contributed by atoms with Crippen LogP contribution in [0.3, 0.4) is 0 Å². The Kier molecular flexibility index (Phi) is 3.49. The van der Waals surface area contributed by atoms with Gasteiger partial charge in [-0.1, -0.05) is 23.2 Å². The van der Waals surface area contributed by atoms with Crippen LogP contribution in [0.15, 0.2) is 23.2 Å². The second-order valence-corrected chi connectivity index (χ2v) is 4.44. The molecule has 2 nitrogen and oxygen atoms in total. The second kappa shape index (κ2) is 4.86. The van der Waals surface area contributed by atoms with Crippen LogP contribution < -0.4 is 5.32 Å². The molecule has 0 aromatic heterocycles. The molecule has 0 radical (unpaired) electrons. The van der Waals surface area contributed by atoms with Gasteiger partial charge in [-0.15, -0.1) is 0 Å². The van der Waals surface area contributed by atoms with E-state index >= 15 is 0 Å². The second-order valence-electron chi connectivity index (χ2n) is 3.57. The van der Waals surface area contributed by atoms with Crippen LogP contribution in [0.5, 0.6) is 0 Å². The number of benzene rings is 1. The van der Waals surface area contributed by atoms with Gasteiger partial charge >= 0.3 is 0 Å². The summed E-state index contributed by atoms with van der Waals surface area (Å²) >= 11 is 11.8. The third kappa shape index (κ3) is 3.11. The van der Waals surface area contributed by atoms with Crippen molar-refractivity contribution in [2.75, 3.05) is 11.9 Å². The molecule has 2 rings (SSSR count). The molecule has 0 spiro atoms. The molecule has 1 aromatic rings. The fourth-order valence-corrected chi connectivity index (χ4v) is 2.12. The van der Waals surface area contributed by atoms with E-state index in [2.05, 4.69) is 10.3 Å². The highest BCUT2D eigenvalue weighted by atomic mass is 35.5. The van der Waals surface area contributed by atoms with Gasteiger partial charge in [-0.3, -0.25) is 4.99 Å². The van der Waals surface area contributed by atoms with Crippen molar-refractivity contribution >= 4 is 34.7 Å². The molecule has 1 aliphatic rings. The molecular formula is C11H12Cl2N2. The number of hydrogen-bond donors (Lipinski definition) is 1. The van der Waals surface area contributed by atoms with E-state index < -0.39 is 0 Å². The summed E-state index contributed by atoms with van der Waals surface area (Å²) in [4.78, 5) is 4.40. The highest BCUT2D eigenvalue weighted by Gasteiger charge is 2.06. The van der Waals surface area contributed by atoms with Crippen LogP contribution >= 0.6 is 23.2 Å². The molecule has 0 atom stereocenters. The van der Waals surface area contributed by atoms with Crippen molar-refractivity contribution in [3.8, 4) is 0 Å². The standard InChI is InChI=1S/C11H12Cl2N2/c12-8-5-9(13)7-10(6-8)15-11-3-1-2-4-14-11/h5-7H,1-4H2,(H,14,15). The summed E-state index contributed by atoms with van der Waals surface area (Å²) in [6, 6.07) is 5.42. The number of nitrogens with zero attached hydrogens (tertiary/aromatic N) is 1. The van der Waals surface area contributed by atoms with Gasteiger partial charge < -0.3 is 5.32 Å². The minimum absolute atomic E-state index is 0.640. The average Bonchev–Trinajstić information content (AvgIpc) is 2.17. The van der Waals surface area contributed by atoms with Crippen molar-refractivity contribution in [2.24, 2.45) is 4.99 Å². The summed E-state index contributed by atoms with van der Waals surface area (Å²) in [5.74, 6) is 1.03. The zero-order valence-electron chi connectivity index (χ0n) is 8.26. The van der Waals surface area contributed by atoms with Crippen LogP contribution in [-0.4, -0.2) is 12.4 Å². The quantitative estimate of drug-likeness (QED) is 0.792. The highest BCUT2D eigenvalue weighted by molar-refractivity contribution is 6.35. The molecule has 15 heavy (non-hydrogen) atoms. The summed E-state index contributed by atoms with van der Waals surface area (Å²) in [7, 11) is 0. The summed E-state index contributed by atoms with van der Waals surface area (Å²) < 4.78 is 0. The molecule has 4 heteroatoms. The number of halogens is 2. The first-order valence-corrected chi connectivity index (χ1v) is 5.76. The Bertz CT molecular complexity index is 368. The third-order valence-electron chi connectivity index (χ3n) is 2.28. The van der Waals surface area contributed by atoms with Crippen LogP contribution in [0.25, 0.3) is 0 Å². The van der Waals surface area contributed by atoms with E-state index in [-0.39, 0.29) is 0 Å². The Morgan fingerprint density at radius 2 is 1.80 bits per heavy atom. The highest BCUT2D eigenvalue weighted by Crippen LogP contribution is 2.23. The Morgan fingerprint density at radius 1 is 1.07 bits per heavy atom. The number of amidine groups is 1. The molecule has 1 aliphatic heterocycles. The zero-order chi connectivity index (χ0) is 10.7. The fraction of sp³-hybridized carbons (Fsp3) is 0.364. The van der Waals surface area contributed by atoms with Crippen LogP contribution in [0.2, 0.25) is 10.0 Å². The van der Waals surface area contributed by atoms with E-state index in [0.717, 1.165) is 24.5 Å². The molecular weight excluding hydrogens is 231 g/mol. The number of aliphatic imine (C=N–C) groups is 1. The zero-order valence-corrected chi connectivity index (χ0v) is 9.78. The lowest BCUT2D eigenvalue weighted by atomic mass is 10.2. The van der Waals surface area contributed by atoms with E-state index in [0.29, 0.717) is 10.0 Å². The van der Waals surface area contributed by atoms with Gasteiger partial charge in [0.25, 0.3) is 0 Å². The average molecular weight is 243 g/mol. The van der Waals surface area contributed by atoms with Gasteiger partial charge in [0.05, 0.1) is 0 Å². The van der Waals surface area contributed by atoms with Gasteiger partial charge in [0.1, 0.15) is 5.84 Å². The Hall–Kier alpha value is -0.730. The molecule has 0 amide bonds. The van der Waals surface area contributed by atoms with Gasteiger partial charge in [-0.25, -0.2) is 0 Å². The first-order chi connectivity index (χ1) is 7.24. The molecule has 0 saturated carbocycles. The first-order valence-electron chi connectivity index (χ1n) is 5.00. The number of rotatable bonds is 1. The van der Waals surface area contributed by atoms with Crippen LogP contribution in [0, 0.1) is 0 Å². The number of nitrogens with one attached hydrogen (secondary N) is 1. The predicted molar refractivity (Wildman–Crippen MR) is 66.2 cm³/mol. The van der Waals surface area contributed by atoms with E-state index in [1.165, 1.54) is 12.8 Å². The normalized spacial score (nSPS) is 16.0. The Morgan fingerprint density at radius 3 is 2.40 bits per heavy atom. The topological polar surface area (TPSA) is 24.4 Å². The summed E-state index contributed by atoms with van der Waals surface area (Å²) in [6.07, 6.45) is 3.38. The molecule has 0 saturated heterocycles. The Balaban J connectivity index is 2.12. The molecule has 1 aromatic carbocycles. The van der Waals surface area contributed by atoms with E-state index in [9.17, 15) is 0 Å². The van der Waals surface area contributed by atoms with Gasteiger partial charge in [-0.05, 0) is 31.0 Å². The molecule has 0 bridgehead atoms. The third-order valence-corrected chi connectivity index (χ3v) is 2.71.